The van der Waals surface area contributed by atoms with E-state index in [1.807, 2.05) is 12.1 Å². The fourth-order valence-electron chi connectivity index (χ4n) is 2.94. The Labute approximate surface area is 137 Å². The van der Waals surface area contributed by atoms with Crippen molar-refractivity contribution in [3.63, 3.8) is 0 Å². The van der Waals surface area contributed by atoms with E-state index in [4.69, 9.17) is 4.74 Å². The second-order valence-corrected chi connectivity index (χ2v) is 6.66. The number of anilines is 1. The van der Waals surface area contributed by atoms with Crippen molar-refractivity contribution in [1.82, 2.24) is 4.90 Å². The van der Waals surface area contributed by atoms with Gasteiger partial charge in [-0.05, 0) is 42.5 Å². The number of ether oxygens (including phenoxy) is 1. The highest BCUT2D eigenvalue weighted by Gasteiger charge is 2.17. The topological polar surface area (TPSA) is 15.7 Å². The minimum absolute atomic E-state index is 0.818. The van der Waals surface area contributed by atoms with Gasteiger partial charge in [0.15, 0.2) is 5.06 Å². The van der Waals surface area contributed by atoms with Gasteiger partial charge in [0.1, 0.15) is 0 Å². The number of benzene rings is 1. The monoisotopic (exact) mass is 316 g/mol. The molecule has 22 heavy (non-hydrogen) atoms. The highest BCUT2D eigenvalue weighted by atomic mass is 32.1. The van der Waals surface area contributed by atoms with Crippen molar-refractivity contribution in [2.45, 2.75) is 13.3 Å². The Morgan fingerprint density at radius 1 is 1.05 bits per heavy atom. The molecule has 1 fully saturated rings. The normalized spacial score (nSPS) is 16.0. The van der Waals surface area contributed by atoms with Gasteiger partial charge in [-0.3, -0.25) is 4.90 Å². The van der Waals surface area contributed by atoms with Gasteiger partial charge < -0.3 is 9.64 Å². The summed E-state index contributed by atoms with van der Waals surface area (Å²) >= 11 is 1.67. The first-order chi connectivity index (χ1) is 10.8. The van der Waals surface area contributed by atoms with Gasteiger partial charge in [0.05, 0.1) is 6.61 Å². The number of nitrogens with zero attached hydrogens (tertiary/aromatic N) is 2. The lowest BCUT2D eigenvalue weighted by atomic mass is 10.1. The molecular formula is C18H24N2OS. The molecule has 1 aliphatic heterocycles. The lowest BCUT2D eigenvalue weighted by Crippen LogP contribution is -2.47. The Morgan fingerprint density at radius 2 is 1.86 bits per heavy atom. The summed E-state index contributed by atoms with van der Waals surface area (Å²) in [6.07, 6.45) is 1.10. The first-order valence-corrected chi connectivity index (χ1v) is 8.90. The molecule has 1 aromatic carbocycles. The van der Waals surface area contributed by atoms with Crippen LogP contribution < -0.4 is 9.64 Å². The number of thiophene rings is 1. The van der Waals surface area contributed by atoms with Crippen LogP contribution in [0.2, 0.25) is 0 Å². The largest absolute Gasteiger partial charge is 0.484 e. The Morgan fingerprint density at radius 3 is 2.59 bits per heavy atom. The predicted octanol–water partition coefficient (Wildman–Crippen LogP) is 3.65. The maximum atomic E-state index is 5.72. The number of hydrogen-bond donors (Lipinski definition) is 0. The lowest BCUT2D eigenvalue weighted by molar-refractivity contribution is 0.226. The molecule has 0 N–H and O–H groups in total. The maximum absolute atomic E-state index is 5.72. The highest BCUT2D eigenvalue weighted by Crippen LogP contribution is 2.21. The van der Waals surface area contributed by atoms with Crippen molar-refractivity contribution in [2.75, 3.05) is 44.2 Å². The lowest BCUT2D eigenvalue weighted by Gasteiger charge is -2.36. The summed E-state index contributed by atoms with van der Waals surface area (Å²) in [4.78, 5) is 5.06. The molecule has 0 radical (unpaired) electrons. The smallest absolute Gasteiger partial charge is 0.173 e. The van der Waals surface area contributed by atoms with Gasteiger partial charge >= 0.3 is 0 Å². The molecule has 118 valence electrons. The van der Waals surface area contributed by atoms with Gasteiger partial charge in [-0.15, -0.1) is 11.3 Å². The van der Waals surface area contributed by atoms with Crippen molar-refractivity contribution in [3.8, 4) is 5.06 Å². The van der Waals surface area contributed by atoms with Gasteiger partial charge in [0.25, 0.3) is 0 Å². The highest BCUT2D eigenvalue weighted by molar-refractivity contribution is 7.11. The summed E-state index contributed by atoms with van der Waals surface area (Å²) in [6, 6.07) is 12.7. The van der Waals surface area contributed by atoms with Crippen LogP contribution in [-0.2, 0) is 0 Å². The number of hydrogen-bond acceptors (Lipinski definition) is 4. The van der Waals surface area contributed by atoms with E-state index in [1.54, 1.807) is 11.3 Å². The molecule has 0 bridgehead atoms. The minimum Gasteiger partial charge on any atom is -0.484 e. The van der Waals surface area contributed by atoms with Gasteiger partial charge in [-0.2, -0.15) is 0 Å². The Kier molecular flexibility index (Phi) is 5.35. The second kappa shape index (κ2) is 7.65. The van der Waals surface area contributed by atoms with Crippen LogP contribution in [-0.4, -0.2) is 44.2 Å². The SMILES string of the molecule is Cc1ccccc1N1CCN(CCCOc2cccs2)CC1. The number of rotatable bonds is 6. The molecule has 0 atom stereocenters. The quantitative estimate of drug-likeness (QED) is 0.757. The fraction of sp³-hybridized carbons (Fsp3) is 0.444. The zero-order chi connectivity index (χ0) is 15.2. The van der Waals surface area contributed by atoms with Crippen molar-refractivity contribution >= 4 is 17.0 Å². The molecule has 1 aliphatic rings. The van der Waals surface area contributed by atoms with Crippen LogP contribution in [0.25, 0.3) is 0 Å². The maximum Gasteiger partial charge on any atom is 0.173 e. The summed E-state index contributed by atoms with van der Waals surface area (Å²) in [5, 5.41) is 3.09. The molecule has 0 spiro atoms. The van der Waals surface area contributed by atoms with Gasteiger partial charge in [-0.25, -0.2) is 0 Å². The number of para-hydroxylation sites is 1. The van der Waals surface area contributed by atoms with Crippen molar-refractivity contribution < 1.29 is 4.74 Å². The zero-order valence-electron chi connectivity index (χ0n) is 13.2. The van der Waals surface area contributed by atoms with E-state index in [0.717, 1.165) is 50.8 Å². The standard InChI is InChI=1S/C18H24N2OS/c1-16-6-2-3-7-17(16)20-12-10-19(11-13-20)9-5-14-21-18-8-4-15-22-18/h2-4,6-8,15H,5,9-14H2,1H3. The Balaban J connectivity index is 1.38. The summed E-state index contributed by atoms with van der Waals surface area (Å²) in [5.41, 5.74) is 2.77. The van der Waals surface area contributed by atoms with E-state index < -0.39 is 0 Å². The molecule has 2 aromatic rings. The van der Waals surface area contributed by atoms with Gasteiger partial charge in [-0.1, -0.05) is 18.2 Å². The molecule has 3 rings (SSSR count). The van der Waals surface area contributed by atoms with Crippen LogP contribution >= 0.6 is 11.3 Å². The van der Waals surface area contributed by atoms with Crippen molar-refractivity contribution in [2.24, 2.45) is 0 Å². The van der Waals surface area contributed by atoms with Gasteiger partial charge in [0, 0.05) is 38.4 Å². The predicted molar refractivity (Wildman–Crippen MR) is 94.3 cm³/mol. The van der Waals surface area contributed by atoms with E-state index in [2.05, 4.69) is 46.4 Å². The zero-order valence-corrected chi connectivity index (χ0v) is 14.0. The third-order valence-corrected chi connectivity index (χ3v) is 4.97. The van der Waals surface area contributed by atoms with E-state index in [0.29, 0.717) is 0 Å². The molecule has 1 saturated heterocycles. The Bertz CT molecular complexity index is 562. The Hall–Kier alpha value is -1.52. The molecule has 1 aromatic heterocycles. The molecular weight excluding hydrogens is 292 g/mol. The van der Waals surface area contributed by atoms with Crippen molar-refractivity contribution in [1.29, 1.82) is 0 Å². The van der Waals surface area contributed by atoms with Crippen LogP contribution in [0.4, 0.5) is 5.69 Å². The molecule has 0 saturated carbocycles. The van der Waals surface area contributed by atoms with Gasteiger partial charge in [0.2, 0.25) is 0 Å². The fourth-order valence-corrected chi connectivity index (χ4v) is 3.54. The first-order valence-electron chi connectivity index (χ1n) is 8.02. The number of aryl methyl sites for hydroxylation is 1. The molecule has 2 heterocycles. The second-order valence-electron chi connectivity index (χ2n) is 5.75. The van der Waals surface area contributed by atoms with Crippen LogP contribution in [0.1, 0.15) is 12.0 Å². The van der Waals surface area contributed by atoms with Crippen LogP contribution in [0.15, 0.2) is 41.8 Å². The minimum atomic E-state index is 0.818. The van der Waals surface area contributed by atoms with Crippen LogP contribution in [0, 0.1) is 6.92 Å². The molecule has 3 nitrogen and oxygen atoms in total. The molecule has 0 amide bonds. The van der Waals surface area contributed by atoms with E-state index in [-0.39, 0.29) is 0 Å². The van der Waals surface area contributed by atoms with Crippen LogP contribution in [0.5, 0.6) is 5.06 Å². The van der Waals surface area contributed by atoms with E-state index in [9.17, 15) is 0 Å². The molecule has 0 aliphatic carbocycles. The van der Waals surface area contributed by atoms with Crippen LogP contribution in [0.3, 0.4) is 0 Å². The average Bonchev–Trinajstić information content (AvgIpc) is 3.06. The summed E-state index contributed by atoms with van der Waals surface area (Å²) in [7, 11) is 0. The first kappa shape index (κ1) is 15.4. The number of piperazine rings is 1. The van der Waals surface area contributed by atoms with E-state index in [1.165, 1.54) is 11.3 Å². The third-order valence-electron chi connectivity index (χ3n) is 4.19. The third kappa shape index (κ3) is 4.02. The molecule has 0 unspecified atom stereocenters. The summed E-state index contributed by atoms with van der Waals surface area (Å²) in [6.45, 7) is 8.68. The summed E-state index contributed by atoms with van der Waals surface area (Å²) < 4.78 is 5.72. The molecule has 4 heteroatoms. The summed E-state index contributed by atoms with van der Waals surface area (Å²) in [5.74, 6) is 0. The van der Waals surface area contributed by atoms with Crippen molar-refractivity contribution in [3.05, 3.63) is 47.3 Å². The average molecular weight is 316 g/mol. The van der Waals surface area contributed by atoms with E-state index >= 15 is 0 Å².